The monoisotopic (exact) mass is 325 g/mol. The number of aromatic nitrogens is 1. The fourth-order valence-corrected chi connectivity index (χ4v) is 4.08. The Morgan fingerprint density at radius 2 is 1.92 bits per heavy atom. The number of Topliss-reactive ketones (excluding diaryl/α,β-unsaturated/α-hetero) is 2. The Morgan fingerprint density at radius 1 is 1.21 bits per heavy atom. The van der Waals surface area contributed by atoms with E-state index in [1.54, 1.807) is 20.8 Å². The molecule has 3 aliphatic heterocycles. The van der Waals surface area contributed by atoms with Gasteiger partial charge in [0.05, 0.1) is 11.3 Å². The van der Waals surface area contributed by atoms with E-state index in [9.17, 15) is 9.59 Å². The van der Waals surface area contributed by atoms with Crippen molar-refractivity contribution in [2.75, 3.05) is 7.05 Å². The van der Waals surface area contributed by atoms with E-state index in [4.69, 9.17) is 9.73 Å². The zero-order valence-electron chi connectivity index (χ0n) is 14.4. The van der Waals surface area contributed by atoms with Crippen LogP contribution in [0.5, 0.6) is 0 Å². The number of rotatable bonds is 2. The second kappa shape index (κ2) is 4.69. The number of carbonyl (C=O) groups excluding carboxylic acids is 2. The van der Waals surface area contributed by atoms with Crippen molar-refractivity contribution in [3.05, 3.63) is 40.0 Å². The SMILES string of the molecule is CC(=O)C1=C(C)OC2N=C3c4c(c(C(C)=O)c(C)n4C12)C=CN3C. The Morgan fingerprint density at radius 3 is 2.54 bits per heavy atom. The van der Waals surface area contributed by atoms with Gasteiger partial charge in [0.15, 0.2) is 17.4 Å². The molecule has 4 heterocycles. The summed E-state index contributed by atoms with van der Waals surface area (Å²) in [7, 11) is 1.92. The van der Waals surface area contributed by atoms with Gasteiger partial charge in [0, 0.05) is 30.1 Å². The van der Waals surface area contributed by atoms with Gasteiger partial charge in [0.2, 0.25) is 6.23 Å². The Labute approximate surface area is 140 Å². The smallest absolute Gasteiger partial charge is 0.216 e. The fourth-order valence-electron chi connectivity index (χ4n) is 4.08. The van der Waals surface area contributed by atoms with E-state index in [1.165, 1.54) is 0 Å². The van der Waals surface area contributed by atoms with Gasteiger partial charge in [-0.05, 0) is 33.8 Å². The molecule has 1 aromatic heterocycles. The van der Waals surface area contributed by atoms with Gasteiger partial charge in [-0.15, -0.1) is 0 Å². The quantitative estimate of drug-likeness (QED) is 0.784. The lowest BCUT2D eigenvalue weighted by Gasteiger charge is -2.33. The van der Waals surface area contributed by atoms with E-state index in [2.05, 4.69) is 4.57 Å². The van der Waals surface area contributed by atoms with Crippen LogP contribution in [0.4, 0.5) is 0 Å². The van der Waals surface area contributed by atoms with E-state index in [0.717, 1.165) is 22.8 Å². The Kier molecular flexibility index (Phi) is 2.92. The highest BCUT2D eigenvalue weighted by Gasteiger charge is 2.46. The van der Waals surface area contributed by atoms with Crippen LogP contribution in [-0.4, -0.2) is 40.1 Å². The molecule has 24 heavy (non-hydrogen) atoms. The maximum Gasteiger partial charge on any atom is 0.216 e. The van der Waals surface area contributed by atoms with Crippen molar-refractivity contribution in [1.29, 1.82) is 0 Å². The van der Waals surface area contributed by atoms with Crippen LogP contribution >= 0.6 is 0 Å². The summed E-state index contributed by atoms with van der Waals surface area (Å²) < 4.78 is 7.94. The molecule has 0 spiro atoms. The predicted molar refractivity (Wildman–Crippen MR) is 89.8 cm³/mol. The normalized spacial score (nSPS) is 23.7. The number of aliphatic imine (C=N–C) groups is 1. The number of hydrogen-bond donors (Lipinski definition) is 0. The molecule has 2 atom stereocenters. The molecule has 6 nitrogen and oxygen atoms in total. The van der Waals surface area contributed by atoms with Gasteiger partial charge in [-0.25, -0.2) is 4.99 Å². The third kappa shape index (κ3) is 1.68. The Bertz CT molecular complexity index is 901. The molecule has 0 amide bonds. The first-order valence-corrected chi connectivity index (χ1v) is 7.96. The summed E-state index contributed by atoms with van der Waals surface area (Å²) in [4.78, 5) is 31.1. The van der Waals surface area contributed by atoms with Crippen LogP contribution in [0.1, 0.15) is 54.1 Å². The van der Waals surface area contributed by atoms with Crippen LogP contribution in [0.15, 0.2) is 22.5 Å². The number of carbonyl (C=O) groups is 2. The van der Waals surface area contributed by atoms with E-state index in [0.29, 0.717) is 16.9 Å². The topological polar surface area (TPSA) is 63.9 Å². The second-order valence-corrected chi connectivity index (χ2v) is 6.51. The standard InChI is InChI=1S/C18H19N3O3/c1-8-13(9(2)22)12-6-7-20(5)17-15(12)21(8)16-14(10(3)23)11(4)24-18(16)19-17/h6-7,16,18H,1-5H3. The minimum absolute atomic E-state index is 0.0125. The summed E-state index contributed by atoms with van der Waals surface area (Å²) in [5.74, 6) is 1.37. The highest BCUT2D eigenvalue weighted by Crippen LogP contribution is 2.44. The predicted octanol–water partition coefficient (Wildman–Crippen LogP) is 2.44. The van der Waals surface area contributed by atoms with Crippen LogP contribution in [0.2, 0.25) is 0 Å². The Hall–Kier alpha value is -2.63. The number of hydrogen-bond acceptors (Lipinski definition) is 5. The average molecular weight is 325 g/mol. The van der Waals surface area contributed by atoms with E-state index >= 15 is 0 Å². The van der Waals surface area contributed by atoms with Gasteiger partial charge in [-0.3, -0.25) is 9.59 Å². The summed E-state index contributed by atoms with van der Waals surface area (Å²) in [6.07, 6.45) is 3.37. The first-order chi connectivity index (χ1) is 11.3. The summed E-state index contributed by atoms with van der Waals surface area (Å²) in [5.41, 5.74) is 3.95. The van der Waals surface area contributed by atoms with Crippen LogP contribution in [0, 0.1) is 6.92 Å². The molecule has 0 saturated heterocycles. The molecule has 0 aromatic carbocycles. The van der Waals surface area contributed by atoms with Crippen molar-refractivity contribution in [3.8, 4) is 0 Å². The van der Waals surface area contributed by atoms with Crippen molar-refractivity contribution in [2.24, 2.45) is 4.99 Å². The summed E-state index contributed by atoms with van der Waals surface area (Å²) in [5, 5.41) is 0. The van der Waals surface area contributed by atoms with Crippen molar-refractivity contribution in [3.63, 3.8) is 0 Å². The second-order valence-electron chi connectivity index (χ2n) is 6.51. The molecule has 3 aliphatic rings. The van der Waals surface area contributed by atoms with Crippen LogP contribution in [0.25, 0.3) is 6.08 Å². The van der Waals surface area contributed by atoms with E-state index in [-0.39, 0.29) is 17.6 Å². The van der Waals surface area contributed by atoms with Crippen LogP contribution in [0.3, 0.4) is 0 Å². The molecule has 6 heteroatoms. The van der Waals surface area contributed by atoms with Crippen LogP contribution in [-0.2, 0) is 9.53 Å². The molecule has 0 bridgehead atoms. The highest BCUT2D eigenvalue weighted by molar-refractivity contribution is 6.10. The van der Waals surface area contributed by atoms with Gasteiger partial charge >= 0.3 is 0 Å². The van der Waals surface area contributed by atoms with Gasteiger partial charge in [-0.1, -0.05) is 0 Å². The zero-order chi connectivity index (χ0) is 17.3. The molecule has 124 valence electrons. The highest BCUT2D eigenvalue weighted by atomic mass is 16.5. The lowest BCUT2D eigenvalue weighted by Crippen LogP contribution is -2.38. The number of allylic oxidation sites excluding steroid dienone is 1. The number of nitrogens with zero attached hydrogens (tertiary/aromatic N) is 3. The Balaban J connectivity index is 2.07. The zero-order valence-corrected chi connectivity index (χ0v) is 14.4. The molecular weight excluding hydrogens is 306 g/mol. The van der Waals surface area contributed by atoms with Crippen LogP contribution < -0.4 is 0 Å². The molecule has 0 saturated carbocycles. The first kappa shape index (κ1) is 14.9. The summed E-state index contributed by atoms with van der Waals surface area (Å²) >= 11 is 0. The average Bonchev–Trinajstić information content (AvgIpc) is 2.97. The maximum atomic E-state index is 12.2. The summed E-state index contributed by atoms with van der Waals surface area (Å²) in [6.45, 7) is 6.85. The lowest BCUT2D eigenvalue weighted by molar-refractivity contribution is -0.114. The summed E-state index contributed by atoms with van der Waals surface area (Å²) in [6, 6.07) is -0.312. The molecule has 1 aromatic rings. The molecule has 4 rings (SSSR count). The number of ketones is 2. The fraction of sp³-hybridized carbons (Fsp3) is 0.389. The first-order valence-electron chi connectivity index (χ1n) is 7.96. The molecule has 0 N–H and O–H groups in total. The van der Waals surface area contributed by atoms with Gasteiger partial charge in [0.1, 0.15) is 11.8 Å². The van der Waals surface area contributed by atoms with E-state index in [1.807, 2.05) is 31.1 Å². The third-order valence-electron chi connectivity index (χ3n) is 5.00. The number of ether oxygens (including phenoxy) is 1. The minimum atomic E-state index is -0.473. The van der Waals surface area contributed by atoms with Gasteiger partial charge < -0.3 is 14.2 Å². The van der Waals surface area contributed by atoms with Crippen molar-refractivity contribution >= 4 is 23.5 Å². The van der Waals surface area contributed by atoms with Gasteiger partial charge in [-0.2, -0.15) is 0 Å². The molecule has 2 unspecified atom stereocenters. The molecule has 0 aliphatic carbocycles. The maximum absolute atomic E-state index is 12.2. The van der Waals surface area contributed by atoms with Crippen molar-refractivity contribution < 1.29 is 14.3 Å². The minimum Gasteiger partial charge on any atom is -0.470 e. The largest absolute Gasteiger partial charge is 0.470 e. The number of amidine groups is 1. The van der Waals surface area contributed by atoms with Gasteiger partial charge in [0.25, 0.3) is 0 Å². The van der Waals surface area contributed by atoms with Crippen molar-refractivity contribution in [2.45, 2.75) is 40.0 Å². The third-order valence-corrected chi connectivity index (χ3v) is 5.00. The van der Waals surface area contributed by atoms with E-state index < -0.39 is 6.23 Å². The molecular formula is C18H19N3O3. The lowest BCUT2D eigenvalue weighted by atomic mass is 10.00. The number of fused-ring (bicyclic) bond motifs is 2. The molecule has 0 fully saturated rings. The molecule has 0 radical (unpaired) electrons. The van der Waals surface area contributed by atoms with Crippen molar-refractivity contribution in [1.82, 2.24) is 9.47 Å².